The van der Waals surface area contributed by atoms with Gasteiger partial charge in [-0.05, 0) is 62.2 Å². The maximum Gasteiger partial charge on any atom is 0.416 e. The smallest absolute Gasteiger partial charge is 0.369 e. The molecule has 0 bridgehead atoms. The standard InChI is InChI=1S/C15H19F3N2O/c1-20-4-2-11(3-5-20)12-6-10(8-14(19)21)7-13(9-12)15(16,17)18/h6-7,9,11H,2-5,8H2,1H3,(H2,19,21). The van der Waals surface area contributed by atoms with Crippen molar-refractivity contribution in [3.8, 4) is 0 Å². The minimum absolute atomic E-state index is 0.107. The Bertz CT molecular complexity index is 520. The molecule has 2 rings (SSSR count). The molecule has 1 heterocycles. The summed E-state index contributed by atoms with van der Waals surface area (Å²) in [5, 5.41) is 0. The van der Waals surface area contributed by atoms with Crippen LogP contribution in [0.5, 0.6) is 0 Å². The molecule has 1 aromatic carbocycles. The van der Waals surface area contributed by atoms with Gasteiger partial charge in [-0.1, -0.05) is 6.07 Å². The van der Waals surface area contributed by atoms with E-state index >= 15 is 0 Å². The number of carbonyl (C=O) groups is 1. The van der Waals surface area contributed by atoms with E-state index in [-0.39, 0.29) is 12.3 Å². The third-order valence-corrected chi connectivity index (χ3v) is 3.91. The van der Waals surface area contributed by atoms with Gasteiger partial charge in [-0.25, -0.2) is 0 Å². The van der Waals surface area contributed by atoms with E-state index in [0.29, 0.717) is 11.1 Å². The number of nitrogens with zero attached hydrogens (tertiary/aromatic N) is 1. The molecule has 3 nitrogen and oxygen atoms in total. The van der Waals surface area contributed by atoms with Gasteiger partial charge in [0.2, 0.25) is 5.91 Å². The summed E-state index contributed by atoms with van der Waals surface area (Å²) in [7, 11) is 2.00. The number of carbonyl (C=O) groups excluding carboxylic acids is 1. The van der Waals surface area contributed by atoms with Crippen molar-refractivity contribution < 1.29 is 18.0 Å². The Morgan fingerprint density at radius 2 is 1.90 bits per heavy atom. The van der Waals surface area contributed by atoms with Crippen molar-refractivity contribution in [1.29, 1.82) is 0 Å². The summed E-state index contributed by atoms with van der Waals surface area (Å²) in [6.45, 7) is 1.73. The summed E-state index contributed by atoms with van der Waals surface area (Å²) >= 11 is 0. The van der Waals surface area contributed by atoms with Gasteiger partial charge in [0.25, 0.3) is 0 Å². The van der Waals surface area contributed by atoms with E-state index in [1.165, 1.54) is 6.07 Å². The van der Waals surface area contributed by atoms with Gasteiger partial charge in [0.15, 0.2) is 0 Å². The summed E-state index contributed by atoms with van der Waals surface area (Å²) in [5.74, 6) is -0.515. The number of piperidine rings is 1. The highest BCUT2D eigenvalue weighted by Gasteiger charge is 2.32. The maximum absolute atomic E-state index is 13.0. The van der Waals surface area contributed by atoms with E-state index in [4.69, 9.17) is 5.73 Å². The number of benzene rings is 1. The molecular formula is C15H19F3N2O. The number of halogens is 3. The molecule has 2 N–H and O–H groups in total. The second kappa shape index (κ2) is 6.05. The third kappa shape index (κ3) is 4.20. The molecular weight excluding hydrogens is 281 g/mol. The summed E-state index contributed by atoms with van der Waals surface area (Å²) in [6, 6.07) is 3.92. The van der Waals surface area contributed by atoms with Gasteiger partial charge in [-0.15, -0.1) is 0 Å². The average Bonchev–Trinajstić information content (AvgIpc) is 2.37. The first kappa shape index (κ1) is 15.8. The molecule has 6 heteroatoms. The molecule has 0 aliphatic carbocycles. The summed E-state index contributed by atoms with van der Waals surface area (Å²) in [5.41, 5.74) is 5.40. The second-order valence-corrected chi connectivity index (χ2v) is 5.68. The number of amides is 1. The van der Waals surface area contributed by atoms with Crippen LogP contribution >= 0.6 is 0 Å². The third-order valence-electron chi connectivity index (χ3n) is 3.91. The topological polar surface area (TPSA) is 46.3 Å². The first-order chi connectivity index (χ1) is 9.75. The van der Waals surface area contributed by atoms with Gasteiger partial charge in [-0.3, -0.25) is 4.79 Å². The average molecular weight is 300 g/mol. The highest BCUT2D eigenvalue weighted by molar-refractivity contribution is 5.76. The van der Waals surface area contributed by atoms with Gasteiger partial charge in [0.05, 0.1) is 12.0 Å². The number of hydrogen-bond acceptors (Lipinski definition) is 2. The highest BCUT2D eigenvalue weighted by Crippen LogP contribution is 2.35. The second-order valence-electron chi connectivity index (χ2n) is 5.68. The highest BCUT2D eigenvalue weighted by atomic mass is 19.4. The largest absolute Gasteiger partial charge is 0.416 e. The lowest BCUT2D eigenvalue weighted by Crippen LogP contribution is -2.29. The van der Waals surface area contributed by atoms with Crippen molar-refractivity contribution in [3.05, 3.63) is 34.9 Å². The Kier molecular flexibility index (Phi) is 4.56. The first-order valence-electron chi connectivity index (χ1n) is 6.93. The van der Waals surface area contributed by atoms with Gasteiger partial charge >= 0.3 is 6.18 Å². The van der Waals surface area contributed by atoms with Crippen molar-refractivity contribution >= 4 is 5.91 Å². The molecule has 0 radical (unpaired) electrons. The predicted octanol–water partition coefficient (Wildman–Crippen LogP) is 2.54. The van der Waals surface area contributed by atoms with E-state index in [0.717, 1.165) is 32.0 Å². The Morgan fingerprint density at radius 3 is 2.43 bits per heavy atom. The molecule has 1 aromatic rings. The Labute approximate surface area is 121 Å². The quantitative estimate of drug-likeness (QED) is 0.932. The molecule has 1 saturated heterocycles. The van der Waals surface area contributed by atoms with Crippen LogP contribution < -0.4 is 5.73 Å². The molecule has 0 spiro atoms. The molecule has 116 valence electrons. The van der Waals surface area contributed by atoms with E-state index < -0.39 is 17.6 Å². The van der Waals surface area contributed by atoms with Crippen LogP contribution in [0.25, 0.3) is 0 Å². The van der Waals surface area contributed by atoms with E-state index in [1.807, 2.05) is 7.05 Å². The van der Waals surface area contributed by atoms with Crippen molar-refractivity contribution in [1.82, 2.24) is 4.90 Å². The lowest BCUT2D eigenvalue weighted by atomic mass is 9.87. The fraction of sp³-hybridized carbons (Fsp3) is 0.533. The van der Waals surface area contributed by atoms with E-state index in [2.05, 4.69) is 4.90 Å². The van der Waals surface area contributed by atoms with Gasteiger partial charge in [0, 0.05) is 0 Å². The molecule has 0 aromatic heterocycles. The van der Waals surface area contributed by atoms with Gasteiger partial charge < -0.3 is 10.6 Å². The molecule has 1 amide bonds. The zero-order chi connectivity index (χ0) is 15.6. The number of nitrogens with two attached hydrogens (primary N) is 1. The summed E-state index contributed by atoms with van der Waals surface area (Å²) < 4.78 is 39.0. The monoisotopic (exact) mass is 300 g/mol. The number of hydrogen-bond donors (Lipinski definition) is 1. The maximum atomic E-state index is 13.0. The molecule has 1 aliphatic rings. The fourth-order valence-corrected chi connectivity index (χ4v) is 2.76. The van der Waals surface area contributed by atoms with Gasteiger partial charge in [0.1, 0.15) is 0 Å². The van der Waals surface area contributed by atoms with Crippen molar-refractivity contribution in [2.75, 3.05) is 20.1 Å². The van der Waals surface area contributed by atoms with Crippen LogP contribution in [-0.4, -0.2) is 30.9 Å². The lowest BCUT2D eigenvalue weighted by Gasteiger charge is -2.29. The summed E-state index contributed by atoms with van der Waals surface area (Å²) in [4.78, 5) is 13.2. The Morgan fingerprint density at radius 1 is 1.29 bits per heavy atom. The van der Waals surface area contributed by atoms with E-state index in [1.54, 1.807) is 6.07 Å². The van der Waals surface area contributed by atoms with E-state index in [9.17, 15) is 18.0 Å². The van der Waals surface area contributed by atoms with Crippen molar-refractivity contribution in [2.45, 2.75) is 31.4 Å². The SMILES string of the molecule is CN1CCC(c2cc(CC(N)=O)cc(C(F)(F)F)c2)CC1. The van der Waals surface area contributed by atoms with Crippen LogP contribution in [0.15, 0.2) is 18.2 Å². The van der Waals surface area contributed by atoms with Crippen LogP contribution in [0.1, 0.15) is 35.4 Å². The molecule has 0 saturated carbocycles. The Balaban J connectivity index is 2.33. The number of alkyl halides is 3. The zero-order valence-electron chi connectivity index (χ0n) is 11.9. The van der Waals surface area contributed by atoms with Crippen LogP contribution in [0.2, 0.25) is 0 Å². The Hall–Kier alpha value is -1.56. The summed E-state index contributed by atoms with van der Waals surface area (Å²) in [6.07, 6.45) is -2.92. The van der Waals surface area contributed by atoms with Crippen LogP contribution in [0.4, 0.5) is 13.2 Å². The molecule has 1 fully saturated rings. The molecule has 1 aliphatic heterocycles. The number of primary amides is 1. The lowest BCUT2D eigenvalue weighted by molar-refractivity contribution is -0.137. The normalized spacial score (nSPS) is 17.9. The molecule has 0 atom stereocenters. The molecule has 0 unspecified atom stereocenters. The molecule has 21 heavy (non-hydrogen) atoms. The first-order valence-corrected chi connectivity index (χ1v) is 6.93. The minimum Gasteiger partial charge on any atom is -0.369 e. The van der Waals surface area contributed by atoms with Crippen LogP contribution in [-0.2, 0) is 17.4 Å². The predicted molar refractivity (Wildman–Crippen MR) is 73.8 cm³/mol. The number of likely N-dealkylation sites (tertiary alicyclic amines) is 1. The minimum atomic E-state index is -4.41. The fourth-order valence-electron chi connectivity index (χ4n) is 2.76. The van der Waals surface area contributed by atoms with Gasteiger partial charge in [-0.2, -0.15) is 13.2 Å². The van der Waals surface area contributed by atoms with Crippen LogP contribution in [0, 0.1) is 0 Å². The zero-order valence-corrected chi connectivity index (χ0v) is 11.9. The number of rotatable bonds is 3. The van der Waals surface area contributed by atoms with Crippen molar-refractivity contribution in [2.24, 2.45) is 5.73 Å². The van der Waals surface area contributed by atoms with Crippen molar-refractivity contribution in [3.63, 3.8) is 0 Å². The van der Waals surface area contributed by atoms with Crippen LogP contribution in [0.3, 0.4) is 0 Å².